The van der Waals surface area contributed by atoms with Crippen molar-refractivity contribution in [1.82, 2.24) is 4.98 Å². The Hall–Kier alpha value is -1.60. The standard InChI is InChI=1S/C16H19BrN2O3S/c1-16(2,3)12-8-23-15(18-12)19-14(20)10-6-9(21-4)7-11(17)13(10)22-5/h6-8H,1-5H3,(H,18,19,20). The Bertz CT molecular complexity index is 723. The van der Waals surface area contributed by atoms with Crippen molar-refractivity contribution in [2.45, 2.75) is 26.2 Å². The van der Waals surface area contributed by atoms with Crippen LogP contribution in [-0.4, -0.2) is 25.1 Å². The van der Waals surface area contributed by atoms with Crippen molar-refractivity contribution < 1.29 is 14.3 Å². The molecule has 7 heteroatoms. The molecular weight excluding hydrogens is 380 g/mol. The van der Waals surface area contributed by atoms with Crippen molar-refractivity contribution in [3.05, 3.63) is 33.2 Å². The zero-order chi connectivity index (χ0) is 17.2. The molecule has 0 saturated heterocycles. The fourth-order valence-corrected chi connectivity index (χ4v) is 3.44. The van der Waals surface area contributed by atoms with Crippen LogP contribution in [0.25, 0.3) is 0 Å². The zero-order valence-electron chi connectivity index (χ0n) is 13.7. The van der Waals surface area contributed by atoms with E-state index >= 15 is 0 Å². The molecule has 0 bridgehead atoms. The predicted octanol–water partition coefficient (Wildman–Crippen LogP) is 4.47. The highest BCUT2D eigenvalue weighted by molar-refractivity contribution is 9.10. The molecular formula is C16H19BrN2O3S. The maximum absolute atomic E-state index is 12.6. The minimum Gasteiger partial charge on any atom is -0.497 e. The lowest BCUT2D eigenvalue weighted by atomic mass is 9.93. The van der Waals surface area contributed by atoms with Gasteiger partial charge < -0.3 is 9.47 Å². The largest absolute Gasteiger partial charge is 0.497 e. The normalized spacial score (nSPS) is 11.2. The van der Waals surface area contributed by atoms with Gasteiger partial charge in [0.05, 0.1) is 29.9 Å². The van der Waals surface area contributed by atoms with Gasteiger partial charge in [-0.3, -0.25) is 10.1 Å². The van der Waals surface area contributed by atoms with Gasteiger partial charge in [0, 0.05) is 10.8 Å². The lowest BCUT2D eigenvalue weighted by Gasteiger charge is -2.14. The number of thiazole rings is 1. The number of hydrogen-bond donors (Lipinski definition) is 1. The summed E-state index contributed by atoms with van der Waals surface area (Å²) in [6.07, 6.45) is 0. The van der Waals surface area contributed by atoms with E-state index in [-0.39, 0.29) is 11.3 Å². The number of halogens is 1. The summed E-state index contributed by atoms with van der Waals surface area (Å²) in [4.78, 5) is 17.0. The first-order valence-corrected chi connectivity index (χ1v) is 8.62. The number of carbonyl (C=O) groups excluding carboxylic acids is 1. The van der Waals surface area contributed by atoms with Crippen molar-refractivity contribution in [2.24, 2.45) is 0 Å². The minimum atomic E-state index is -0.295. The number of benzene rings is 1. The Balaban J connectivity index is 2.30. The van der Waals surface area contributed by atoms with Gasteiger partial charge in [0.15, 0.2) is 5.13 Å². The van der Waals surface area contributed by atoms with Gasteiger partial charge in [0.25, 0.3) is 5.91 Å². The number of ether oxygens (including phenoxy) is 2. The molecule has 5 nitrogen and oxygen atoms in total. The van der Waals surface area contributed by atoms with E-state index in [1.165, 1.54) is 18.4 Å². The quantitative estimate of drug-likeness (QED) is 0.824. The van der Waals surface area contributed by atoms with Crippen molar-refractivity contribution in [3.8, 4) is 11.5 Å². The number of anilines is 1. The van der Waals surface area contributed by atoms with Gasteiger partial charge in [0.2, 0.25) is 0 Å². The summed E-state index contributed by atoms with van der Waals surface area (Å²) < 4.78 is 11.2. The molecule has 1 N–H and O–H groups in total. The highest BCUT2D eigenvalue weighted by Gasteiger charge is 2.21. The van der Waals surface area contributed by atoms with E-state index in [0.717, 1.165) is 5.69 Å². The van der Waals surface area contributed by atoms with E-state index in [4.69, 9.17) is 9.47 Å². The molecule has 2 rings (SSSR count). The van der Waals surface area contributed by atoms with Crippen LogP contribution in [0.2, 0.25) is 0 Å². The van der Waals surface area contributed by atoms with Crippen LogP contribution in [0.15, 0.2) is 22.0 Å². The summed E-state index contributed by atoms with van der Waals surface area (Å²) in [5, 5.41) is 5.33. The Kier molecular flexibility index (Phi) is 5.31. The number of methoxy groups -OCH3 is 2. The van der Waals surface area contributed by atoms with E-state index in [2.05, 4.69) is 47.0 Å². The summed E-state index contributed by atoms with van der Waals surface area (Å²) in [5.74, 6) is 0.726. The molecule has 0 atom stereocenters. The van der Waals surface area contributed by atoms with E-state index in [9.17, 15) is 4.79 Å². The monoisotopic (exact) mass is 398 g/mol. The van der Waals surface area contributed by atoms with Crippen molar-refractivity contribution in [3.63, 3.8) is 0 Å². The number of amides is 1. The van der Waals surface area contributed by atoms with Crippen LogP contribution >= 0.6 is 27.3 Å². The van der Waals surface area contributed by atoms with Crippen LogP contribution in [-0.2, 0) is 5.41 Å². The molecule has 124 valence electrons. The molecule has 0 spiro atoms. The predicted molar refractivity (Wildman–Crippen MR) is 96.0 cm³/mol. The molecule has 0 aliphatic carbocycles. The summed E-state index contributed by atoms with van der Waals surface area (Å²) in [7, 11) is 3.07. The van der Waals surface area contributed by atoms with E-state index in [1.807, 2.05) is 5.38 Å². The topological polar surface area (TPSA) is 60.5 Å². The third-order valence-corrected chi connectivity index (χ3v) is 4.54. The van der Waals surface area contributed by atoms with E-state index in [1.54, 1.807) is 19.2 Å². The second-order valence-electron chi connectivity index (χ2n) is 5.93. The molecule has 1 aromatic carbocycles. The number of rotatable bonds is 4. The summed E-state index contributed by atoms with van der Waals surface area (Å²) in [6.45, 7) is 6.24. The fourth-order valence-electron chi connectivity index (χ4n) is 1.90. The van der Waals surface area contributed by atoms with Gasteiger partial charge in [0.1, 0.15) is 11.5 Å². The second-order valence-corrected chi connectivity index (χ2v) is 7.64. The molecule has 0 radical (unpaired) electrons. The smallest absolute Gasteiger partial charge is 0.261 e. The first-order chi connectivity index (χ1) is 10.8. The SMILES string of the molecule is COc1cc(Br)c(OC)c(C(=O)Nc2nc(C(C)(C)C)cs2)c1. The number of carbonyl (C=O) groups is 1. The number of aromatic nitrogens is 1. The third-order valence-electron chi connectivity index (χ3n) is 3.19. The Morgan fingerprint density at radius 3 is 2.48 bits per heavy atom. The average molecular weight is 399 g/mol. The van der Waals surface area contributed by atoms with Crippen molar-refractivity contribution in [1.29, 1.82) is 0 Å². The molecule has 23 heavy (non-hydrogen) atoms. The zero-order valence-corrected chi connectivity index (χ0v) is 16.1. The Morgan fingerprint density at radius 2 is 1.96 bits per heavy atom. The molecule has 0 fully saturated rings. The lowest BCUT2D eigenvalue weighted by Crippen LogP contribution is -2.15. The average Bonchev–Trinajstić information content (AvgIpc) is 2.94. The molecule has 1 amide bonds. The van der Waals surface area contributed by atoms with E-state index < -0.39 is 0 Å². The maximum Gasteiger partial charge on any atom is 0.261 e. The van der Waals surface area contributed by atoms with Gasteiger partial charge in [-0.15, -0.1) is 11.3 Å². The lowest BCUT2D eigenvalue weighted by molar-refractivity contribution is 0.102. The highest BCUT2D eigenvalue weighted by atomic mass is 79.9. The molecule has 0 unspecified atom stereocenters. The van der Waals surface area contributed by atoms with Crippen LogP contribution in [0.5, 0.6) is 11.5 Å². The Morgan fingerprint density at radius 1 is 1.26 bits per heavy atom. The first-order valence-electron chi connectivity index (χ1n) is 6.95. The van der Waals surface area contributed by atoms with Crippen molar-refractivity contribution >= 4 is 38.3 Å². The Labute approximate surface area is 148 Å². The molecule has 0 aliphatic rings. The first kappa shape index (κ1) is 17.7. The van der Waals surface area contributed by atoms with Gasteiger partial charge in [-0.2, -0.15) is 0 Å². The fraction of sp³-hybridized carbons (Fsp3) is 0.375. The van der Waals surface area contributed by atoms with Crippen LogP contribution in [0.3, 0.4) is 0 Å². The van der Waals surface area contributed by atoms with Gasteiger partial charge >= 0.3 is 0 Å². The second kappa shape index (κ2) is 6.88. The third kappa shape index (κ3) is 4.03. The van der Waals surface area contributed by atoms with Crippen LogP contribution < -0.4 is 14.8 Å². The minimum absolute atomic E-state index is 0.0594. The highest BCUT2D eigenvalue weighted by Crippen LogP contribution is 2.34. The number of nitrogens with zero attached hydrogens (tertiary/aromatic N) is 1. The summed E-state index contributed by atoms with van der Waals surface area (Å²) in [6, 6.07) is 3.38. The van der Waals surface area contributed by atoms with Gasteiger partial charge in [-0.25, -0.2) is 4.98 Å². The number of hydrogen-bond acceptors (Lipinski definition) is 5. The molecule has 0 aliphatic heterocycles. The molecule has 0 saturated carbocycles. The van der Waals surface area contributed by atoms with Crippen LogP contribution in [0, 0.1) is 0 Å². The van der Waals surface area contributed by atoms with Crippen LogP contribution in [0.4, 0.5) is 5.13 Å². The molecule has 1 heterocycles. The molecule has 2 aromatic rings. The maximum atomic E-state index is 12.6. The molecule has 1 aromatic heterocycles. The van der Waals surface area contributed by atoms with E-state index in [0.29, 0.717) is 26.7 Å². The van der Waals surface area contributed by atoms with Crippen LogP contribution in [0.1, 0.15) is 36.8 Å². The van der Waals surface area contributed by atoms with Gasteiger partial charge in [-0.05, 0) is 28.1 Å². The summed E-state index contributed by atoms with van der Waals surface area (Å²) in [5.41, 5.74) is 1.26. The van der Waals surface area contributed by atoms with Gasteiger partial charge in [-0.1, -0.05) is 20.8 Å². The van der Waals surface area contributed by atoms with Crippen molar-refractivity contribution in [2.75, 3.05) is 19.5 Å². The number of nitrogens with one attached hydrogen (secondary N) is 1. The summed E-state index contributed by atoms with van der Waals surface area (Å²) >= 11 is 4.79.